The van der Waals surface area contributed by atoms with E-state index in [1.54, 1.807) is 0 Å². The fourth-order valence-corrected chi connectivity index (χ4v) is 3.22. The third kappa shape index (κ3) is 3.68. The van der Waals surface area contributed by atoms with Crippen LogP contribution in [0.25, 0.3) is 11.4 Å². The molecule has 0 fully saturated rings. The molecule has 4 rings (SSSR count). The molecule has 0 bridgehead atoms. The first-order valence-corrected chi connectivity index (χ1v) is 9.57. The minimum Gasteiger partial charge on any atom is -0.339 e. The Balaban J connectivity index is 1.44. The first-order valence-electron chi connectivity index (χ1n) is 9.57. The van der Waals surface area contributed by atoms with E-state index in [1.807, 2.05) is 41.9 Å². The molecule has 146 valence electrons. The quantitative estimate of drug-likeness (QED) is 0.706. The molecule has 1 aliphatic rings. The van der Waals surface area contributed by atoms with Crippen molar-refractivity contribution in [3.63, 3.8) is 0 Å². The van der Waals surface area contributed by atoms with Crippen LogP contribution in [0.2, 0.25) is 0 Å². The van der Waals surface area contributed by atoms with E-state index in [0.717, 1.165) is 24.2 Å². The number of amides is 1. The highest BCUT2D eigenvalue weighted by Crippen LogP contribution is 2.20. The number of nitrogens with one attached hydrogen (secondary N) is 2. The highest BCUT2D eigenvalue weighted by Gasteiger charge is 2.22. The van der Waals surface area contributed by atoms with Gasteiger partial charge in [0.05, 0.1) is 12.2 Å². The topological polar surface area (TPSA) is 97.9 Å². The van der Waals surface area contributed by atoms with Crippen LogP contribution in [0.15, 0.2) is 34.9 Å². The number of carbonyl (C=O) groups excluding carboxylic acids is 1. The molecule has 28 heavy (non-hydrogen) atoms. The summed E-state index contributed by atoms with van der Waals surface area (Å²) < 4.78 is 7.24. The average molecular weight is 380 g/mol. The van der Waals surface area contributed by atoms with Gasteiger partial charge >= 0.3 is 0 Å². The van der Waals surface area contributed by atoms with Crippen LogP contribution in [-0.4, -0.2) is 31.9 Å². The van der Waals surface area contributed by atoms with E-state index in [2.05, 4.69) is 39.7 Å². The van der Waals surface area contributed by atoms with Crippen molar-refractivity contribution in [1.29, 1.82) is 0 Å². The molecule has 0 spiro atoms. The lowest BCUT2D eigenvalue weighted by atomic mass is 10.1. The molecule has 8 nitrogen and oxygen atoms in total. The van der Waals surface area contributed by atoms with Crippen LogP contribution in [0, 0.1) is 0 Å². The van der Waals surface area contributed by atoms with E-state index in [4.69, 9.17) is 4.52 Å². The van der Waals surface area contributed by atoms with Gasteiger partial charge in [-0.2, -0.15) is 10.1 Å². The van der Waals surface area contributed by atoms with Gasteiger partial charge in [-0.25, -0.2) is 0 Å². The Labute approximate surface area is 163 Å². The number of nitrogens with zero attached hydrogens (tertiary/aromatic N) is 4. The van der Waals surface area contributed by atoms with Crippen molar-refractivity contribution < 1.29 is 9.32 Å². The van der Waals surface area contributed by atoms with Crippen molar-refractivity contribution in [1.82, 2.24) is 30.6 Å². The van der Waals surface area contributed by atoms with Gasteiger partial charge in [0.2, 0.25) is 11.7 Å². The summed E-state index contributed by atoms with van der Waals surface area (Å²) in [6, 6.07) is 9.78. The van der Waals surface area contributed by atoms with Crippen LogP contribution in [0.3, 0.4) is 0 Å². The zero-order chi connectivity index (χ0) is 19.7. The number of benzene rings is 1. The molecule has 2 N–H and O–H groups in total. The number of hydrogen-bond acceptors (Lipinski definition) is 6. The summed E-state index contributed by atoms with van der Waals surface area (Å²) in [5, 5.41) is 14.7. The lowest BCUT2D eigenvalue weighted by Crippen LogP contribution is -2.36. The highest BCUT2D eigenvalue weighted by atomic mass is 16.5. The van der Waals surface area contributed by atoms with Gasteiger partial charge in [-0.1, -0.05) is 36.3 Å². The molecule has 3 heterocycles. The van der Waals surface area contributed by atoms with E-state index in [1.165, 1.54) is 5.56 Å². The van der Waals surface area contributed by atoms with Gasteiger partial charge < -0.3 is 15.2 Å². The fourth-order valence-electron chi connectivity index (χ4n) is 3.22. The van der Waals surface area contributed by atoms with Crippen molar-refractivity contribution in [2.45, 2.75) is 52.4 Å². The number of rotatable bonds is 5. The van der Waals surface area contributed by atoms with Gasteiger partial charge in [0.15, 0.2) is 5.69 Å². The third-order valence-electron chi connectivity index (χ3n) is 4.95. The van der Waals surface area contributed by atoms with Gasteiger partial charge in [-0.15, -0.1) is 0 Å². The lowest BCUT2D eigenvalue weighted by Gasteiger charge is -2.21. The third-order valence-corrected chi connectivity index (χ3v) is 4.95. The largest absolute Gasteiger partial charge is 0.339 e. The van der Waals surface area contributed by atoms with Gasteiger partial charge in [0.1, 0.15) is 6.04 Å². The van der Waals surface area contributed by atoms with Crippen molar-refractivity contribution >= 4 is 5.91 Å². The molecule has 2 unspecified atom stereocenters. The molecule has 1 aliphatic heterocycles. The highest BCUT2D eigenvalue weighted by molar-refractivity contribution is 5.92. The van der Waals surface area contributed by atoms with Crippen LogP contribution in [0.4, 0.5) is 0 Å². The standard InChI is InChI=1S/C20H24N6O2/c1-4-14-5-7-15(8-6-14)18-23-20(28-25-18)13(3)22-19(27)17-9-16-10-21-12(2)11-26(16)24-17/h5-9,12-13,21H,4,10-11H2,1-3H3,(H,22,27). The minimum atomic E-state index is -0.417. The lowest BCUT2D eigenvalue weighted by molar-refractivity contribution is 0.0926. The average Bonchev–Trinajstić information content (AvgIpc) is 3.35. The molecule has 0 radical (unpaired) electrons. The van der Waals surface area contributed by atoms with E-state index >= 15 is 0 Å². The Kier molecular flexibility index (Phi) is 4.95. The summed E-state index contributed by atoms with van der Waals surface area (Å²) in [6.07, 6.45) is 0.979. The molecule has 8 heteroatoms. The normalized spacial score (nSPS) is 17.2. The fraction of sp³-hybridized carbons (Fsp3) is 0.400. The SMILES string of the molecule is CCc1ccc(-c2noc(C(C)NC(=O)c3cc4n(n3)CC(C)NC4)n2)cc1. The van der Waals surface area contributed by atoms with Gasteiger partial charge in [-0.05, 0) is 31.9 Å². The molecule has 1 aromatic carbocycles. The minimum absolute atomic E-state index is 0.255. The van der Waals surface area contributed by atoms with Crippen LogP contribution >= 0.6 is 0 Å². The van der Waals surface area contributed by atoms with Gasteiger partial charge in [0.25, 0.3) is 5.91 Å². The Morgan fingerprint density at radius 1 is 1.39 bits per heavy atom. The molecular formula is C20H24N6O2. The second kappa shape index (κ2) is 7.55. The molecule has 3 aromatic rings. The molecular weight excluding hydrogens is 356 g/mol. The zero-order valence-corrected chi connectivity index (χ0v) is 16.3. The summed E-state index contributed by atoms with van der Waals surface area (Å²) in [6.45, 7) is 7.48. The number of aryl methyl sites for hydroxylation is 1. The first kappa shape index (κ1) is 18.4. The summed E-state index contributed by atoms with van der Waals surface area (Å²) in [4.78, 5) is 17.0. The Morgan fingerprint density at radius 2 is 2.18 bits per heavy atom. The zero-order valence-electron chi connectivity index (χ0n) is 16.3. The number of aromatic nitrogens is 4. The summed E-state index contributed by atoms with van der Waals surface area (Å²) in [5.41, 5.74) is 3.54. The molecule has 1 amide bonds. The Hall–Kier alpha value is -3.00. The molecule has 2 aromatic heterocycles. The summed E-state index contributed by atoms with van der Waals surface area (Å²) in [5.74, 6) is 0.618. The second-order valence-corrected chi connectivity index (χ2v) is 7.19. The Morgan fingerprint density at radius 3 is 2.93 bits per heavy atom. The van der Waals surface area contributed by atoms with Crippen molar-refractivity contribution in [3.05, 3.63) is 53.2 Å². The predicted molar refractivity (Wildman–Crippen MR) is 104 cm³/mol. The molecule has 0 saturated carbocycles. The second-order valence-electron chi connectivity index (χ2n) is 7.19. The van der Waals surface area contributed by atoms with Gasteiger partial charge in [-0.3, -0.25) is 9.48 Å². The Bertz CT molecular complexity index is 975. The molecule has 0 saturated heterocycles. The van der Waals surface area contributed by atoms with Crippen LogP contribution in [-0.2, 0) is 19.5 Å². The van der Waals surface area contributed by atoms with Crippen molar-refractivity contribution in [3.8, 4) is 11.4 Å². The maximum Gasteiger partial charge on any atom is 0.272 e. The van der Waals surface area contributed by atoms with Crippen molar-refractivity contribution in [2.24, 2.45) is 0 Å². The van der Waals surface area contributed by atoms with E-state index in [9.17, 15) is 4.79 Å². The van der Waals surface area contributed by atoms with E-state index < -0.39 is 6.04 Å². The van der Waals surface area contributed by atoms with Crippen LogP contribution < -0.4 is 10.6 Å². The maximum absolute atomic E-state index is 12.6. The van der Waals surface area contributed by atoms with Crippen LogP contribution in [0.1, 0.15) is 54.4 Å². The number of hydrogen-bond donors (Lipinski definition) is 2. The number of fused-ring (bicyclic) bond motifs is 1. The van der Waals surface area contributed by atoms with E-state index in [0.29, 0.717) is 30.0 Å². The van der Waals surface area contributed by atoms with Crippen molar-refractivity contribution in [2.75, 3.05) is 0 Å². The maximum atomic E-state index is 12.6. The number of carbonyl (C=O) groups is 1. The molecule has 2 atom stereocenters. The first-order chi connectivity index (χ1) is 13.5. The summed E-state index contributed by atoms with van der Waals surface area (Å²) in [7, 11) is 0. The monoisotopic (exact) mass is 380 g/mol. The molecule has 0 aliphatic carbocycles. The smallest absolute Gasteiger partial charge is 0.272 e. The van der Waals surface area contributed by atoms with Gasteiger partial charge in [0, 0.05) is 18.2 Å². The predicted octanol–water partition coefficient (Wildman–Crippen LogP) is 2.48. The van der Waals surface area contributed by atoms with E-state index in [-0.39, 0.29) is 5.91 Å². The van der Waals surface area contributed by atoms with Crippen LogP contribution in [0.5, 0.6) is 0 Å². The summed E-state index contributed by atoms with van der Waals surface area (Å²) >= 11 is 0.